The van der Waals surface area contributed by atoms with Crippen molar-refractivity contribution in [1.29, 1.82) is 0 Å². The van der Waals surface area contributed by atoms with E-state index in [4.69, 9.17) is 23.2 Å². The molecule has 1 aliphatic heterocycles. The molecule has 1 aromatic heterocycles. The van der Waals surface area contributed by atoms with Crippen LogP contribution in [0.15, 0.2) is 77.6 Å². The zero-order chi connectivity index (χ0) is 28.1. The van der Waals surface area contributed by atoms with E-state index in [0.29, 0.717) is 26.7 Å². The number of fused-ring (bicyclic) bond motifs is 1. The number of benzene rings is 3. The van der Waals surface area contributed by atoms with Crippen molar-refractivity contribution in [2.24, 2.45) is 0 Å². The highest BCUT2D eigenvalue weighted by molar-refractivity contribution is 6.31. The van der Waals surface area contributed by atoms with Crippen molar-refractivity contribution in [1.82, 2.24) is 14.5 Å². The Bertz CT molecular complexity index is 1640. The molecule has 39 heavy (non-hydrogen) atoms. The van der Waals surface area contributed by atoms with E-state index in [0.717, 1.165) is 28.0 Å². The van der Waals surface area contributed by atoms with Crippen molar-refractivity contribution in [3.63, 3.8) is 0 Å². The standard InChI is InChI=1S/C28H21Cl2F3N4O2/c1-16-24(19-5-11-22(29)12-6-19)25(20-7-13-23(30)14-8-20)26-34-35(27(39)37(26)36(16)17(2)38)15-18-3-9-21(10-4-18)28(31,32)33/h3-14,16H,15H2,1-2H3. The van der Waals surface area contributed by atoms with Crippen molar-refractivity contribution in [3.8, 4) is 0 Å². The molecule has 0 N–H and O–H groups in total. The largest absolute Gasteiger partial charge is 0.416 e. The Labute approximate surface area is 231 Å². The summed E-state index contributed by atoms with van der Waals surface area (Å²) in [4.78, 5) is 26.6. The Kier molecular flexibility index (Phi) is 6.90. The molecule has 0 bridgehead atoms. The Balaban J connectivity index is 1.73. The maximum Gasteiger partial charge on any atom is 0.416 e. The molecule has 1 unspecified atom stereocenters. The van der Waals surface area contributed by atoms with Crippen LogP contribution in [0.1, 0.15) is 41.9 Å². The molecule has 1 aliphatic rings. The monoisotopic (exact) mass is 572 g/mol. The zero-order valence-corrected chi connectivity index (χ0v) is 22.2. The highest BCUT2D eigenvalue weighted by atomic mass is 35.5. The second-order valence-electron chi connectivity index (χ2n) is 9.11. The van der Waals surface area contributed by atoms with Crippen LogP contribution in [-0.4, -0.2) is 26.4 Å². The predicted molar refractivity (Wildman–Crippen MR) is 144 cm³/mol. The molecule has 200 valence electrons. The minimum Gasteiger partial charge on any atom is -0.273 e. The van der Waals surface area contributed by atoms with Crippen LogP contribution in [-0.2, 0) is 17.5 Å². The maximum atomic E-state index is 13.7. The number of carbonyl (C=O) groups excluding carboxylic acids is 1. The van der Waals surface area contributed by atoms with Gasteiger partial charge in [-0.05, 0) is 65.6 Å². The number of carbonyl (C=O) groups is 1. The lowest BCUT2D eigenvalue weighted by Gasteiger charge is -2.36. The average Bonchev–Trinajstić information content (AvgIpc) is 3.19. The molecule has 0 spiro atoms. The van der Waals surface area contributed by atoms with E-state index in [1.807, 2.05) is 19.1 Å². The van der Waals surface area contributed by atoms with Gasteiger partial charge < -0.3 is 0 Å². The molecule has 3 aromatic carbocycles. The first-order valence-electron chi connectivity index (χ1n) is 11.9. The molecule has 5 rings (SSSR count). The lowest BCUT2D eigenvalue weighted by molar-refractivity contribution is -0.137. The van der Waals surface area contributed by atoms with Crippen LogP contribution in [0.25, 0.3) is 11.1 Å². The van der Waals surface area contributed by atoms with Gasteiger partial charge in [-0.15, -0.1) is 5.10 Å². The number of alkyl halides is 3. The zero-order valence-electron chi connectivity index (χ0n) is 20.7. The molecule has 0 radical (unpaired) electrons. The van der Waals surface area contributed by atoms with Crippen LogP contribution in [0.4, 0.5) is 13.2 Å². The van der Waals surface area contributed by atoms with Crippen LogP contribution in [0.2, 0.25) is 10.0 Å². The van der Waals surface area contributed by atoms with Crippen LogP contribution >= 0.6 is 23.2 Å². The lowest BCUT2D eigenvalue weighted by Crippen LogP contribution is -2.53. The Morgan fingerprint density at radius 2 is 1.44 bits per heavy atom. The number of aromatic nitrogens is 3. The predicted octanol–water partition coefficient (Wildman–Crippen LogP) is 6.26. The molecule has 0 aliphatic carbocycles. The molecule has 6 nitrogen and oxygen atoms in total. The smallest absolute Gasteiger partial charge is 0.273 e. The van der Waals surface area contributed by atoms with Crippen LogP contribution < -0.4 is 10.7 Å². The van der Waals surface area contributed by atoms with Gasteiger partial charge in [0.2, 0.25) is 5.91 Å². The van der Waals surface area contributed by atoms with Gasteiger partial charge in [0.05, 0.1) is 18.2 Å². The number of hydrogen-bond donors (Lipinski definition) is 0. The summed E-state index contributed by atoms with van der Waals surface area (Å²) >= 11 is 12.3. The highest BCUT2D eigenvalue weighted by Gasteiger charge is 2.38. The Hall–Kier alpha value is -3.82. The van der Waals surface area contributed by atoms with Gasteiger partial charge in [-0.1, -0.05) is 59.6 Å². The molecule has 0 fully saturated rings. The molecule has 2 heterocycles. The summed E-state index contributed by atoms with van der Waals surface area (Å²) in [6, 6.07) is 18.1. The van der Waals surface area contributed by atoms with Gasteiger partial charge >= 0.3 is 11.9 Å². The second-order valence-corrected chi connectivity index (χ2v) is 9.99. The highest BCUT2D eigenvalue weighted by Crippen LogP contribution is 2.39. The molecular weight excluding hydrogens is 552 g/mol. The maximum absolute atomic E-state index is 13.7. The first kappa shape index (κ1) is 26.8. The van der Waals surface area contributed by atoms with E-state index >= 15 is 0 Å². The van der Waals surface area contributed by atoms with Gasteiger partial charge in [-0.2, -0.15) is 17.8 Å². The third-order valence-electron chi connectivity index (χ3n) is 6.54. The third-order valence-corrected chi connectivity index (χ3v) is 7.04. The normalized spacial score (nSPS) is 15.5. The van der Waals surface area contributed by atoms with E-state index in [2.05, 4.69) is 5.10 Å². The first-order valence-corrected chi connectivity index (χ1v) is 12.6. The fraction of sp³-hybridized carbons (Fsp3) is 0.179. The lowest BCUT2D eigenvalue weighted by atomic mass is 9.88. The quantitative estimate of drug-likeness (QED) is 0.290. The molecule has 11 heteroatoms. The van der Waals surface area contributed by atoms with Crippen molar-refractivity contribution in [3.05, 3.63) is 121 Å². The van der Waals surface area contributed by atoms with Crippen molar-refractivity contribution in [2.45, 2.75) is 32.6 Å². The second kappa shape index (κ2) is 10.1. The van der Waals surface area contributed by atoms with Crippen LogP contribution in [0, 0.1) is 0 Å². The fourth-order valence-electron chi connectivity index (χ4n) is 4.78. The van der Waals surface area contributed by atoms with E-state index in [1.165, 1.54) is 28.7 Å². The van der Waals surface area contributed by atoms with Crippen LogP contribution in [0.3, 0.4) is 0 Å². The minimum absolute atomic E-state index is 0.0960. The average molecular weight is 573 g/mol. The van der Waals surface area contributed by atoms with Crippen molar-refractivity contribution < 1.29 is 18.0 Å². The summed E-state index contributed by atoms with van der Waals surface area (Å²) in [5.74, 6) is -0.172. The van der Waals surface area contributed by atoms with Gasteiger partial charge in [-0.25, -0.2) is 14.5 Å². The van der Waals surface area contributed by atoms with E-state index in [1.54, 1.807) is 36.4 Å². The van der Waals surface area contributed by atoms with Crippen LogP contribution in [0.5, 0.6) is 0 Å². The number of hydrogen-bond acceptors (Lipinski definition) is 3. The van der Waals surface area contributed by atoms with E-state index in [-0.39, 0.29) is 18.3 Å². The molecule has 0 saturated heterocycles. The number of rotatable bonds is 4. The molecule has 1 atom stereocenters. The molecular formula is C28H21Cl2F3N4O2. The summed E-state index contributed by atoms with van der Waals surface area (Å²) in [5, 5.41) is 6.98. The topological polar surface area (TPSA) is 60.1 Å². The number of amides is 1. The summed E-state index contributed by atoms with van der Waals surface area (Å²) in [6.45, 7) is 3.07. The molecule has 0 saturated carbocycles. The SMILES string of the molecule is CC(=O)N1C(C)C(c2ccc(Cl)cc2)=C(c2ccc(Cl)cc2)c2nn(Cc3ccc(C(F)(F)F)cc3)c(=O)n21. The Morgan fingerprint density at radius 1 is 0.897 bits per heavy atom. The molecule has 4 aromatic rings. The number of halogens is 5. The van der Waals surface area contributed by atoms with Gasteiger partial charge in [0.15, 0.2) is 5.82 Å². The van der Waals surface area contributed by atoms with Gasteiger partial charge in [0.25, 0.3) is 0 Å². The van der Waals surface area contributed by atoms with E-state index < -0.39 is 23.5 Å². The summed E-state index contributed by atoms with van der Waals surface area (Å²) in [6.07, 6.45) is -4.47. The van der Waals surface area contributed by atoms with Gasteiger partial charge in [-0.3, -0.25) is 4.79 Å². The van der Waals surface area contributed by atoms with Crippen molar-refractivity contribution in [2.75, 3.05) is 5.01 Å². The summed E-state index contributed by atoms with van der Waals surface area (Å²) in [5.41, 5.74) is 1.89. The third kappa shape index (κ3) is 4.99. The van der Waals surface area contributed by atoms with E-state index in [9.17, 15) is 22.8 Å². The summed E-state index contributed by atoms with van der Waals surface area (Å²) in [7, 11) is 0. The van der Waals surface area contributed by atoms with Gasteiger partial charge in [0.1, 0.15) is 0 Å². The number of nitrogens with zero attached hydrogens (tertiary/aromatic N) is 4. The Morgan fingerprint density at radius 3 is 1.95 bits per heavy atom. The molecule has 1 amide bonds. The first-order chi connectivity index (χ1) is 18.5. The summed E-state index contributed by atoms with van der Waals surface area (Å²) < 4.78 is 41.4. The minimum atomic E-state index is -4.47. The van der Waals surface area contributed by atoms with Gasteiger partial charge in [0, 0.05) is 22.5 Å². The van der Waals surface area contributed by atoms with Crippen molar-refractivity contribution >= 4 is 40.3 Å². The fourth-order valence-corrected chi connectivity index (χ4v) is 5.03.